The Hall–Kier alpha value is -4.59. The largest absolute Gasteiger partial charge is 0.479 e. The molecule has 2 fully saturated rings. The number of aromatic nitrogens is 4. The van der Waals surface area contributed by atoms with Crippen LogP contribution in [0.3, 0.4) is 0 Å². The number of fused-ring (bicyclic) bond motifs is 2. The van der Waals surface area contributed by atoms with Crippen molar-refractivity contribution >= 4 is 41.6 Å². The minimum Gasteiger partial charge on any atom is -0.479 e. The molecule has 4 N–H and O–H groups in total. The summed E-state index contributed by atoms with van der Waals surface area (Å²) in [5, 5.41) is 15.8. The second-order valence-corrected chi connectivity index (χ2v) is 14.6. The molecule has 2 unspecified atom stereocenters. The first-order chi connectivity index (χ1) is 24.7. The van der Waals surface area contributed by atoms with Crippen LogP contribution >= 0.6 is 7.75 Å². The van der Waals surface area contributed by atoms with Crippen molar-refractivity contribution in [3.8, 4) is 11.6 Å². The average Bonchev–Trinajstić information content (AvgIpc) is 3.69. The number of nitrogens with zero attached hydrogens (tertiary/aromatic N) is 4. The molecule has 1 aliphatic carbocycles. The zero-order chi connectivity index (χ0) is 35.5. The number of carbonyl (C=O) groups is 1. The highest BCUT2D eigenvalue weighted by molar-refractivity contribution is 7.52. The van der Waals surface area contributed by atoms with E-state index < -0.39 is 44.1 Å². The Bertz CT molecular complexity index is 2040. The number of hydrogen-bond acceptors (Lipinski definition) is 12. The normalized spacial score (nSPS) is 22.8. The van der Waals surface area contributed by atoms with E-state index in [1.807, 2.05) is 36.4 Å². The highest BCUT2D eigenvalue weighted by atomic mass is 31.2. The molecular weight excluding hydrogens is 675 g/mol. The third-order valence-electron chi connectivity index (χ3n) is 9.43. The fourth-order valence-corrected chi connectivity index (χ4v) is 8.24. The molecule has 3 heterocycles. The van der Waals surface area contributed by atoms with Gasteiger partial charge < -0.3 is 29.6 Å². The number of aliphatic hydroxyl groups is 1. The summed E-state index contributed by atoms with van der Waals surface area (Å²) < 4.78 is 46.6. The smallest absolute Gasteiger partial charge is 0.459 e. The van der Waals surface area contributed by atoms with E-state index in [2.05, 4.69) is 20.0 Å². The molecule has 15 heteroatoms. The number of nitrogens with two attached hydrogens (primary N) is 1. The lowest BCUT2D eigenvalue weighted by Gasteiger charge is -2.28. The first-order valence-corrected chi connectivity index (χ1v) is 18.6. The molecule has 5 aromatic rings. The maximum atomic E-state index is 15.0. The SMILES string of the molecule is COc1nc(N)nc2c1ncn2C1O[C@H](COP(=O)(N[C@@H](C(=O)OC2CCCCC2)c2ccccc2)Oc2cccc3ccccc23)[C@@H](O)[C@@H]1C. The van der Waals surface area contributed by atoms with Crippen molar-refractivity contribution < 1.29 is 37.7 Å². The van der Waals surface area contributed by atoms with Crippen LogP contribution in [0.2, 0.25) is 0 Å². The number of aliphatic hydroxyl groups excluding tert-OH is 1. The van der Waals surface area contributed by atoms with E-state index in [-0.39, 0.29) is 30.3 Å². The molecule has 2 aliphatic rings. The predicted octanol–water partition coefficient (Wildman–Crippen LogP) is 5.88. The van der Waals surface area contributed by atoms with E-state index in [9.17, 15) is 14.5 Å². The Morgan fingerprint density at radius 3 is 2.59 bits per heavy atom. The lowest BCUT2D eigenvalue weighted by molar-refractivity contribution is -0.153. The third-order valence-corrected chi connectivity index (χ3v) is 10.9. The summed E-state index contributed by atoms with van der Waals surface area (Å²) in [6.45, 7) is 1.45. The molecule has 3 aromatic carbocycles. The molecule has 0 amide bonds. The Morgan fingerprint density at radius 1 is 1.06 bits per heavy atom. The summed E-state index contributed by atoms with van der Waals surface area (Å²) >= 11 is 0. The summed E-state index contributed by atoms with van der Waals surface area (Å²) in [4.78, 5) is 26.6. The van der Waals surface area contributed by atoms with E-state index in [0.717, 1.165) is 37.5 Å². The van der Waals surface area contributed by atoms with Gasteiger partial charge in [-0.15, -0.1) is 0 Å². The number of benzene rings is 3. The summed E-state index contributed by atoms with van der Waals surface area (Å²) in [6, 6.07) is 20.6. The third kappa shape index (κ3) is 7.42. The van der Waals surface area contributed by atoms with Crippen molar-refractivity contribution in [2.45, 2.75) is 69.6 Å². The zero-order valence-electron chi connectivity index (χ0n) is 28.3. The monoisotopic (exact) mass is 716 g/mol. The van der Waals surface area contributed by atoms with Crippen molar-refractivity contribution in [2.75, 3.05) is 19.5 Å². The van der Waals surface area contributed by atoms with Gasteiger partial charge in [0.05, 0.1) is 26.1 Å². The number of ether oxygens (including phenoxy) is 3. The number of esters is 1. The highest BCUT2D eigenvalue weighted by Crippen LogP contribution is 2.50. The van der Waals surface area contributed by atoms with Gasteiger partial charge in [0, 0.05) is 11.3 Å². The number of carbonyl (C=O) groups excluding carboxylic acids is 1. The van der Waals surface area contributed by atoms with Gasteiger partial charge in [0.15, 0.2) is 11.2 Å². The van der Waals surface area contributed by atoms with Crippen LogP contribution in [0, 0.1) is 5.92 Å². The topological polar surface area (TPSA) is 182 Å². The number of nitrogens with one attached hydrogen (secondary N) is 1. The zero-order valence-corrected chi connectivity index (χ0v) is 29.2. The Kier molecular flexibility index (Phi) is 10.2. The van der Waals surface area contributed by atoms with E-state index >= 15 is 0 Å². The van der Waals surface area contributed by atoms with E-state index in [1.54, 1.807) is 47.9 Å². The molecule has 0 radical (unpaired) electrons. The number of anilines is 1. The van der Waals surface area contributed by atoms with E-state index in [1.165, 1.54) is 13.4 Å². The van der Waals surface area contributed by atoms with E-state index in [0.29, 0.717) is 22.1 Å². The van der Waals surface area contributed by atoms with Crippen molar-refractivity contribution in [1.82, 2.24) is 24.6 Å². The van der Waals surface area contributed by atoms with Crippen LogP contribution in [0.25, 0.3) is 21.9 Å². The van der Waals surface area contributed by atoms with Gasteiger partial charge in [-0.05, 0) is 42.7 Å². The molecule has 7 rings (SSSR count). The molecule has 51 heavy (non-hydrogen) atoms. The van der Waals surface area contributed by atoms with Gasteiger partial charge in [-0.25, -0.2) is 14.3 Å². The summed E-state index contributed by atoms with van der Waals surface area (Å²) in [7, 11) is -2.97. The van der Waals surface area contributed by atoms with Gasteiger partial charge >= 0.3 is 13.7 Å². The lowest BCUT2D eigenvalue weighted by atomic mass is 9.97. The van der Waals surface area contributed by atoms with Crippen molar-refractivity contribution in [3.05, 3.63) is 84.7 Å². The van der Waals surface area contributed by atoms with Crippen LogP contribution in [0.4, 0.5) is 5.95 Å². The van der Waals surface area contributed by atoms with Crippen molar-refractivity contribution in [1.29, 1.82) is 0 Å². The molecule has 1 saturated carbocycles. The van der Waals surface area contributed by atoms with Gasteiger partial charge in [-0.3, -0.25) is 9.09 Å². The molecule has 0 spiro atoms. The minimum atomic E-state index is -4.42. The fraction of sp³-hybridized carbons (Fsp3) is 0.389. The molecule has 1 aliphatic heterocycles. The minimum absolute atomic E-state index is 0.0141. The van der Waals surface area contributed by atoms with Crippen LogP contribution < -0.4 is 20.1 Å². The van der Waals surface area contributed by atoms with Crippen LogP contribution in [0.1, 0.15) is 56.9 Å². The fourth-order valence-electron chi connectivity index (χ4n) is 6.73. The van der Waals surface area contributed by atoms with Gasteiger partial charge in [-0.1, -0.05) is 80.1 Å². The molecule has 14 nitrogen and oxygen atoms in total. The molecular formula is C36H41N6O8P. The van der Waals surface area contributed by atoms with E-state index in [4.69, 9.17) is 29.0 Å². The number of methoxy groups -OCH3 is 1. The lowest BCUT2D eigenvalue weighted by Crippen LogP contribution is -2.35. The Balaban J connectivity index is 1.18. The Labute approximate surface area is 294 Å². The second-order valence-electron chi connectivity index (χ2n) is 12.9. The van der Waals surface area contributed by atoms with Crippen LogP contribution in [0.5, 0.6) is 11.6 Å². The molecule has 268 valence electrons. The predicted molar refractivity (Wildman–Crippen MR) is 189 cm³/mol. The molecule has 2 aromatic heterocycles. The van der Waals surface area contributed by atoms with Gasteiger partial charge in [0.25, 0.3) is 0 Å². The number of imidazole rings is 1. The average molecular weight is 717 g/mol. The molecule has 0 bridgehead atoms. The second kappa shape index (κ2) is 14.9. The molecule has 1 saturated heterocycles. The first-order valence-electron chi connectivity index (χ1n) is 17.1. The number of hydrogen-bond donors (Lipinski definition) is 3. The maximum absolute atomic E-state index is 15.0. The van der Waals surface area contributed by atoms with Crippen LogP contribution in [0.15, 0.2) is 79.1 Å². The quantitative estimate of drug-likeness (QED) is 0.103. The van der Waals surface area contributed by atoms with Crippen LogP contribution in [-0.4, -0.2) is 62.6 Å². The maximum Gasteiger partial charge on any atom is 0.459 e. The standard InChI is InChI=1S/C36H41N6O8P/c1-22-31(43)28(49-34(22)42-21-38-30-32(42)39-36(37)40-33(30)46-2)20-47-51(45,50-27-19-11-15-23-12-9-10-18-26(23)27)41-29(24-13-5-3-6-14-24)35(44)48-25-16-7-4-8-17-25/h3,5-6,9-15,18-19,21-22,25,28-29,31,34,43H,4,7-8,16-17,20H2,1-2H3,(H,41,45)(H2,37,39,40)/t22-,28+,29+,31-,34?,51?/m0/s1. The number of rotatable bonds is 12. The molecule has 6 atom stereocenters. The van der Waals surface area contributed by atoms with Crippen molar-refractivity contribution in [2.24, 2.45) is 5.92 Å². The number of nitrogen functional groups attached to an aromatic ring is 1. The van der Waals surface area contributed by atoms with Gasteiger partial charge in [-0.2, -0.15) is 15.1 Å². The summed E-state index contributed by atoms with van der Waals surface area (Å²) in [5.74, 6) is -0.596. The Morgan fingerprint density at radius 2 is 1.80 bits per heavy atom. The van der Waals surface area contributed by atoms with Crippen LogP contribution in [-0.2, 0) is 23.4 Å². The highest BCUT2D eigenvalue weighted by Gasteiger charge is 2.45. The summed E-state index contributed by atoms with van der Waals surface area (Å²) in [6.07, 6.45) is 3.08. The summed E-state index contributed by atoms with van der Waals surface area (Å²) in [5.41, 5.74) is 7.19. The first kappa shape index (κ1) is 34.8. The van der Waals surface area contributed by atoms with Gasteiger partial charge in [0.1, 0.15) is 30.2 Å². The van der Waals surface area contributed by atoms with Crippen molar-refractivity contribution in [3.63, 3.8) is 0 Å². The van der Waals surface area contributed by atoms with Gasteiger partial charge in [0.2, 0.25) is 11.8 Å².